The number of aliphatic hydroxyl groups is 1. The third-order valence-electron chi connectivity index (χ3n) is 8.79. The van der Waals surface area contributed by atoms with Crippen molar-refractivity contribution in [2.75, 3.05) is 32.2 Å². The van der Waals surface area contributed by atoms with E-state index >= 15 is 0 Å². The summed E-state index contributed by atoms with van der Waals surface area (Å²) in [6.07, 6.45) is 2.06. The molecule has 4 N–H and O–H groups in total. The molecule has 260 valence electrons. The normalized spacial score (nSPS) is 15.6. The van der Waals surface area contributed by atoms with Crippen molar-refractivity contribution in [3.05, 3.63) is 93.8 Å². The number of carbonyl (C=O) groups excluding carboxylic acids is 1. The first-order chi connectivity index (χ1) is 24.8. The second-order valence-electron chi connectivity index (χ2n) is 12.1. The van der Waals surface area contributed by atoms with Gasteiger partial charge in [-0.15, -0.1) is 0 Å². The minimum Gasteiger partial charge on any atom is -0.496 e. The van der Waals surface area contributed by atoms with E-state index in [1.807, 2.05) is 37.3 Å². The van der Waals surface area contributed by atoms with E-state index in [2.05, 4.69) is 33.1 Å². The molecule has 1 saturated heterocycles. The standard InChI is InChI=1S/C38H36ClN7O5/c1-22-26(28-8-4-9-30(35(28)39)45-37(48)32-16-34(49-2)25(20-44-32)19-42-12-5-11-40)6-3-7-27(22)38-46-31-15-23(14-24(17-41)36(31)51-38)18-43-29-10-13-50-21-33(29)47/h3-4,6-9,14-16,20,29,33,42-43,47H,5,10,12-13,18-19,21H2,1-2H3,(H,45,48)/t29-,33-/m1/s1. The highest BCUT2D eigenvalue weighted by molar-refractivity contribution is 6.36. The van der Waals surface area contributed by atoms with Gasteiger partial charge in [-0.05, 0) is 54.3 Å². The maximum atomic E-state index is 13.3. The Hall–Kier alpha value is -5.34. The number of rotatable bonds is 12. The van der Waals surface area contributed by atoms with Gasteiger partial charge in [0, 0.05) is 67.7 Å². The van der Waals surface area contributed by atoms with Crippen molar-refractivity contribution >= 4 is 34.3 Å². The van der Waals surface area contributed by atoms with Crippen molar-refractivity contribution in [1.29, 1.82) is 10.5 Å². The van der Waals surface area contributed by atoms with Crippen LogP contribution < -0.4 is 20.7 Å². The molecule has 6 rings (SSSR count). The summed E-state index contributed by atoms with van der Waals surface area (Å²) >= 11 is 6.93. The molecule has 2 aromatic heterocycles. The Kier molecular flexibility index (Phi) is 11.2. The van der Waals surface area contributed by atoms with Gasteiger partial charge in [0.05, 0.1) is 42.2 Å². The number of nitriles is 2. The van der Waals surface area contributed by atoms with Crippen LogP contribution in [0.3, 0.4) is 0 Å². The number of hydrogen-bond acceptors (Lipinski definition) is 11. The molecule has 51 heavy (non-hydrogen) atoms. The fourth-order valence-corrected chi connectivity index (χ4v) is 6.34. The van der Waals surface area contributed by atoms with Crippen molar-refractivity contribution in [3.63, 3.8) is 0 Å². The largest absolute Gasteiger partial charge is 0.496 e. The summed E-state index contributed by atoms with van der Waals surface area (Å²) in [6, 6.07) is 20.5. The van der Waals surface area contributed by atoms with Gasteiger partial charge in [0.2, 0.25) is 5.89 Å². The zero-order valence-corrected chi connectivity index (χ0v) is 28.9. The van der Waals surface area contributed by atoms with E-state index in [9.17, 15) is 15.2 Å². The van der Waals surface area contributed by atoms with Crippen LogP contribution in [0, 0.1) is 29.6 Å². The van der Waals surface area contributed by atoms with Crippen LogP contribution in [-0.2, 0) is 17.8 Å². The Balaban J connectivity index is 1.23. The Morgan fingerprint density at radius 3 is 2.71 bits per heavy atom. The number of anilines is 1. The number of hydrogen-bond donors (Lipinski definition) is 4. The van der Waals surface area contributed by atoms with Crippen molar-refractivity contribution in [2.24, 2.45) is 0 Å². The van der Waals surface area contributed by atoms with Gasteiger partial charge in [-0.2, -0.15) is 10.5 Å². The van der Waals surface area contributed by atoms with Gasteiger partial charge >= 0.3 is 0 Å². The Bertz CT molecular complexity index is 2160. The molecule has 1 fully saturated rings. The number of fused-ring (bicyclic) bond motifs is 1. The number of nitrogens with zero attached hydrogens (tertiary/aromatic N) is 4. The molecule has 0 spiro atoms. The first-order valence-corrected chi connectivity index (χ1v) is 16.8. The Morgan fingerprint density at radius 2 is 1.92 bits per heavy atom. The number of aliphatic hydroxyl groups excluding tert-OH is 1. The lowest BCUT2D eigenvalue weighted by molar-refractivity contribution is -0.0280. The summed E-state index contributed by atoms with van der Waals surface area (Å²) in [7, 11) is 1.52. The van der Waals surface area contributed by atoms with Crippen molar-refractivity contribution in [3.8, 4) is 40.5 Å². The van der Waals surface area contributed by atoms with E-state index in [-0.39, 0.29) is 11.7 Å². The second-order valence-corrected chi connectivity index (χ2v) is 12.5. The number of pyridine rings is 1. The molecule has 0 unspecified atom stereocenters. The zero-order valence-electron chi connectivity index (χ0n) is 28.1. The number of amides is 1. The lowest BCUT2D eigenvalue weighted by atomic mass is 9.96. The summed E-state index contributed by atoms with van der Waals surface area (Å²) in [5, 5.41) is 38.7. The zero-order chi connectivity index (χ0) is 35.9. The van der Waals surface area contributed by atoms with E-state index in [1.54, 1.807) is 30.5 Å². The van der Waals surface area contributed by atoms with Gasteiger partial charge in [0.15, 0.2) is 5.58 Å². The molecule has 13 heteroatoms. The van der Waals surface area contributed by atoms with Crippen molar-refractivity contribution in [1.82, 2.24) is 20.6 Å². The number of ether oxygens (including phenoxy) is 2. The van der Waals surface area contributed by atoms with Crippen LogP contribution in [0.5, 0.6) is 5.75 Å². The number of carbonyl (C=O) groups is 1. The number of nitrogens with one attached hydrogen (secondary N) is 3. The number of benzene rings is 3. The predicted molar refractivity (Wildman–Crippen MR) is 192 cm³/mol. The maximum Gasteiger partial charge on any atom is 0.274 e. The Morgan fingerprint density at radius 1 is 1.12 bits per heavy atom. The molecule has 0 bridgehead atoms. The Labute approximate surface area is 300 Å². The molecule has 1 aliphatic rings. The lowest BCUT2D eigenvalue weighted by Gasteiger charge is -2.28. The van der Waals surface area contributed by atoms with Gasteiger partial charge in [0.25, 0.3) is 5.91 Å². The smallest absolute Gasteiger partial charge is 0.274 e. The highest BCUT2D eigenvalue weighted by Gasteiger charge is 2.24. The summed E-state index contributed by atoms with van der Waals surface area (Å²) in [6.45, 7) is 4.23. The van der Waals surface area contributed by atoms with Crippen molar-refractivity contribution in [2.45, 2.75) is 45.0 Å². The fraction of sp³-hybridized carbons (Fsp3) is 0.289. The summed E-state index contributed by atoms with van der Waals surface area (Å²) < 4.78 is 17.0. The minimum absolute atomic E-state index is 0.0989. The second kappa shape index (κ2) is 16.1. The van der Waals surface area contributed by atoms with Gasteiger partial charge in [-0.3, -0.25) is 9.78 Å². The van der Waals surface area contributed by atoms with Crippen LogP contribution in [0.2, 0.25) is 5.02 Å². The summed E-state index contributed by atoms with van der Waals surface area (Å²) in [5.74, 6) is 0.394. The first kappa shape index (κ1) is 35.5. The topological polar surface area (TPSA) is 178 Å². The third kappa shape index (κ3) is 7.86. The van der Waals surface area contributed by atoms with Crippen LogP contribution in [0.15, 0.2) is 65.2 Å². The molecule has 0 saturated carbocycles. The predicted octanol–water partition coefficient (Wildman–Crippen LogP) is 5.89. The molecule has 0 aliphatic carbocycles. The molecular formula is C38H36ClN7O5. The molecule has 3 aromatic carbocycles. The monoisotopic (exact) mass is 705 g/mol. The molecule has 0 radical (unpaired) electrons. The molecule has 1 aliphatic heterocycles. The average Bonchev–Trinajstić information content (AvgIpc) is 3.58. The van der Waals surface area contributed by atoms with E-state index < -0.39 is 12.0 Å². The van der Waals surface area contributed by atoms with Crippen LogP contribution >= 0.6 is 11.6 Å². The molecule has 12 nitrogen and oxygen atoms in total. The number of aromatic nitrogens is 2. The SMILES string of the molecule is COc1cc(C(=O)Nc2cccc(-c3cccc(-c4nc5cc(CN[C@@H]6CCOC[C@H]6O)cc(C#N)c5o4)c3C)c2Cl)ncc1CNCCC#N. The number of oxazole rings is 1. The van der Waals surface area contributed by atoms with Gasteiger partial charge in [-0.25, -0.2) is 4.98 Å². The molecule has 2 atom stereocenters. The van der Waals surface area contributed by atoms with E-state index in [1.165, 1.54) is 7.11 Å². The first-order valence-electron chi connectivity index (χ1n) is 16.4. The summed E-state index contributed by atoms with van der Waals surface area (Å²) in [4.78, 5) is 22.4. The number of halogens is 1. The van der Waals surface area contributed by atoms with E-state index in [4.69, 9.17) is 35.7 Å². The minimum atomic E-state index is -0.592. The molecular weight excluding hydrogens is 670 g/mol. The third-order valence-corrected chi connectivity index (χ3v) is 9.20. The van der Waals surface area contributed by atoms with Crippen LogP contribution in [-0.4, -0.2) is 60.0 Å². The fourth-order valence-electron chi connectivity index (χ4n) is 6.06. The highest BCUT2D eigenvalue weighted by Crippen LogP contribution is 2.39. The number of methoxy groups -OCH3 is 1. The molecule has 5 aromatic rings. The molecule has 3 heterocycles. The molecule has 1 amide bonds. The maximum absolute atomic E-state index is 13.3. The average molecular weight is 706 g/mol. The van der Waals surface area contributed by atoms with E-state index in [0.29, 0.717) is 90.3 Å². The van der Waals surface area contributed by atoms with Crippen molar-refractivity contribution < 1.29 is 23.8 Å². The highest BCUT2D eigenvalue weighted by atomic mass is 35.5. The van der Waals surface area contributed by atoms with Gasteiger partial charge in [0.1, 0.15) is 23.0 Å². The van der Waals surface area contributed by atoms with Crippen LogP contribution in [0.4, 0.5) is 5.69 Å². The quantitative estimate of drug-likeness (QED) is 0.114. The van der Waals surface area contributed by atoms with Crippen LogP contribution in [0.25, 0.3) is 33.7 Å². The van der Waals surface area contributed by atoms with Crippen LogP contribution in [0.1, 0.15) is 45.6 Å². The van der Waals surface area contributed by atoms with Gasteiger partial charge < -0.3 is 34.9 Å². The van der Waals surface area contributed by atoms with Gasteiger partial charge in [-0.1, -0.05) is 35.9 Å². The van der Waals surface area contributed by atoms with E-state index in [0.717, 1.165) is 27.8 Å². The summed E-state index contributed by atoms with van der Waals surface area (Å²) in [5.41, 5.74) is 6.54. The lowest BCUT2D eigenvalue weighted by Crippen LogP contribution is -2.46.